The Labute approximate surface area is 249 Å². The van der Waals surface area contributed by atoms with Crippen LogP contribution in [0.4, 0.5) is 5.13 Å². The lowest BCUT2D eigenvalue weighted by Gasteiger charge is -2.49. The maximum atomic E-state index is 13.3. The number of cyclic esters (lactones) is 1. The molecule has 1 aromatic rings. The van der Waals surface area contributed by atoms with Crippen LogP contribution in [0.15, 0.2) is 34.0 Å². The maximum absolute atomic E-state index is 13.3. The van der Waals surface area contributed by atoms with Crippen molar-refractivity contribution in [2.24, 2.45) is 11.1 Å². The summed E-state index contributed by atoms with van der Waals surface area (Å²) >= 11 is 2.43. The lowest BCUT2D eigenvalue weighted by atomic mass is 10.0. The van der Waals surface area contributed by atoms with Crippen LogP contribution in [0.2, 0.25) is 0 Å². The third-order valence-electron chi connectivity index (χ3n) is 6.78. The highest BCUT2D eigenvalue weighted by Gasteiger charge is 2.54. The molecule has 1 aromatic heterocycles. The van der Waals surface area contributed by atoms with E-state index in [0.29, 0.717) is 24.8 Å². The van der Waals surface area contributed by atoms with Crippen molar-refractivity contribution in [2.45, 2.75) is 57.1 Å². The van der Waals surface area contributed by atoms with E-state index in [0.717, 1.165) is 11.3 Å². The van der Waals surface area contributed by atoms with E-state index < -0.39 is 48.1 Å². The highest BCUT2D eigenvalue weighted by atomic mass is 32.2. The second kappa shape index (κ2) is 13.8. The molecule has 0 spiro atoms. The van der Waals surface area contributed by atoms with Gasteiger partial charge in [0.2, 0.25) is 6.79 Å². The summed E-state index contributed by atoms with van der Waals surface area (Å²) in [5, 5.41) is 7.49. The molecule has 3 aliphatic rings. The number of amides is 2. The number of carbonyl (C=O) groups is 5. The van der Waals surface area contributed by atoms with Crippen LogP contribution in [0, 0.1) is 5.92 Å². The van der Waals surface area contributed by atoms with Crippen molar-refractivity contribution in [2.75, 3.05) is 25.4 Å². The predicted octanol–water partition coefficient (Wildman–Crippen LogP) is 1.47. The van der Waals surface area contributed by atoms with Gasteiger partial charge in [0.25, 0.3) is 11.8 Å². The second-order valence-electron chi connectivity index (χ2n) is 9.38. The van der Waals surface area contributed by atoms with E-state index in [4.69, 9.17) is 24.8 Å². The van der Waals surface area contributed by atoms with Gasteiger partial charge in [-0.1, -0.05) is 25.1 Å². The van der Waals surface area contributed by atoms with Crippen LogP contribution in [0.25, 0.3) is 0 Å². The molecule has 14 nitrogen and oxygen atoms in total. The summed E-state index contributed by atoms with van der Waals surface area (Å²) in [6, 6.07) is -0.989. The van der Waals surface area contributed by atoms with Gasteiger partial charge in [0, 0.05) is 17.6 Å². The molecular weight excluding hydrogens is 590 g/mol. The van der Waals surface area contributed by atoms with Crippen LogP contribution in [-0.4, -0.2) is 82.5 Å². The number of rotatable bonds is 12. The average Bonchev–Trinajstić information content (AvgIpc) is 3.60. The number of hydrogen-bond acceptors (Lipinski definition) is 14. The van der Waals surface area contributed by atoms with Crippen molar-refractivity contribution in [1.29, 1.82) is 0 Å². The molecule has 42 heavy (non-hydrogen) atoms. The first-order valence-electron chi connectivity index (χ1n) is 13.2. The number of ether oxygens (including phenoxy) is 3. The van der Waals surface area contributed by atoms with Gasteiger partial charge in [-0.25, -0.2) is 9.78 Å². The fourth-order valence-corrected chi connectivity index (χ4v) is 6.38. The van der Waals surface area contributed by atoms with Crippen LogP contribution in [0.1, 0.15) is 45.2 Å². The number of thioether (sulfide) groups is 1. The molecule has 3 N–H and O–H groups in total. The Morgan fingerprint density at radius 2 is 2.05 bits per heavy atom. The number of oxime groups is 1. The zero-order valence-electron chi connectivity index (χ0n) is 23.2. The molecule has 0 aliphatic carbocycles. The first-order valence-corrected chi connectivity index (χ1v) is 15.1. The third kappa shape index (κ3) is 6.75. The molecule has 3 aliphatic heterocycles. The molecular formula is C26H31N5O9S2. The van der Waals surface area contributed by atoms with Gasteiger partial charge < -0.3 is 30.1 Å². The predicted molar refractivity (Wildman–Crippen MR) is 151 cm³/mol. The zero-order valence-corrected chi connectivity index (χ0v) is 24.8. The first-order chi connectivity index (χ1) is 20.2. The molecule has 2 saturated heterocycles. The molecule has 2 amide bonds. The SMILES string of the molecule is CCC(CC)C(=O)OCOC(=O)C1=C(/C=C/C2CCC(=O)O2)CS[C@@H]2[C@H](NC(=O)/C(=N\OC)c3csc(N)n3)C(=O)N12. The molecule has 16 heteroatoms. The Bertz CT molecular complexity index is 1340. The second-order valence-corrected chi connectivity index (χ2v) is 11.4. The molecule has 1 unspecified atom stereocenters. The number of fused-ring (bicyclic) bond motifs is 1. The molecule has 0 aromatic carbocycles. The highest BCUT2D eigenvalue weighted by Crippen LogP contribution is 2.41. The number of carbonyl (C=O) groups excluding carboxylic acids is 5. The largest absolute Gasteiger partial charge is 0.458 e. The molecule has 3 atom stereocenters. The minimum Gasteiger partial charge on any atom is -0.458 e. The van der Waals surface area contributed by atoms with Gasteiger partial charge in [-0.2, -0.15) is 0 Å². The topological polar surface area (TPSA) is 189 Å². The number of nitrogens with zero attached hydrogens (tertiary/aromatic N) is 3. The first kappa shape index (κ1) is 31.0. The molecule has 226 valence electrons. The summed E-state index contributed by atoms with van der Waals surface area (Å²) in [7, 11) is 1.27. The smallest absolute Gasteiger partial charge is 0.358 e. The van der Waals surface area contributed by atoms with Gasteiger partial charge >= 0.3 is 17.9 Å². The van der Waals surface area contributed by atoms with Gasteiger partial charge in [0.05, 0.1) is 5.92 Å². The van der Waals surface area contributed by atoms with E-state index in [1.807, 2.05) is 13.8 Å². The third-order valence-corrected chi connectivity index (χ3v) is 8.75. The van der Waals surface area contributed by atoms with Gasteiger partial charge in [-0.15, -0.1) is 23.1 Å². The van der Waals surface area contributed by atoms with Crippen molar-refractivity contribution in [3.8, 4) is 0 Å². The van der Waals surface area contributed by atoms with Crippen molar-refractivity contribution < 1.29 is 43.0 Å². The van der Waals surface area contributed by atoms with Crippen LogP contribution in [0.5, 0.6) is 0 Å². The summed E-state index contributed by atoms with van der Waals surface area (Å²) in [6.07, 6.45) is 4.76. The fourth-order valence-electron chi connectivity index (χ4n) is 4.52. The van der Waals surface area contributed by atoms with Crippen molar-refractivity contribution in [3.63, 3.8) is 0 Å². The van der Waals surface area contributed by atoms with Gasteiger partial charge in [0.15, 0.2) is 10.8 Å². The van der Waals surface area contributed by atoms with Gasteiger partial charge in [-0.3, -0.25) is 24.1 Å². The quantitative estimate of drug-likeness (QED) is 0.113. The summed E-state index contributed by atoms with van der Waals surface area (Å²) in [6.45, 7) is 3.09. The monoisotopic (exact) mass is 621 g/mol. The normalized spacial score (nSPS) is 22.1. The Morgan fingerprint density at radius 1 is 1.29 bits per heavy atom. The lowest BCUT2D eigenvalue weighted by molar-refractivity contribution is -0.170. The molecule has 0 saturated carbocycles. The number of allylic oxidation sites excluding steroid dienone is 1. The summed E-state index contributed by atoms with van der Waals surface area (Å²) in [4.78, 5) is 73.4. The van der Waals surface area contributed by atoms with E-state index in [2.05, 4.69) is 15.5 Å². The highest BCUT2D eigenvalue weighted by molar-refractivity contribution is 8.00. The number of nitrogen functional groups attached to an aromatic ring is 1. The Kier molecular flexibility index (Phi) is 10.2. The van der Waals surface area contributed by atoms with Gasteiger partial charge in [-0.05, 0) is 30.9 Å². The van der Waals surface area contributed by atoms with E-state index in [-0.39, 0.29) is 46.3 Å². The van der Waals surface area contributed by atoms with Crippen molar-refractivity contribution in [3.05, 3.63) is 34.5 Å². The minimum absolute atomic E-state index is 0.0496. The van der Waals surface area contributed by atoms with E-state index >= 15 is 0 Å². The van der Waals surface area contributed by atoms with E-state index in [9.17, 15) is 24.0 Å². The van der Waals surface area contributed by atoms with Crippen molar-refractivity contribution >= 4 is 63.7 Å². The number of anilines is 1. The average molecular weight is 622 g/mol. The molecule has 4 heterocycles. The van der Waals surface area contributed by atoms with Gasteiger partial charge in [0.1, 0.15) is 36.0 Å². The lowest BCUT2D eigenvalue weighted by Crippen LogP contribution is -2.71. The van der Waals surface area contributed by atoms with Crippen LogP contribution >= 0.6 is 23.1 Å². The molecule has 4 rings (SSSR count). The number of β-lactam (4-membered cyclic amide) rings is 1. The van der Waals surface area contributed by atoms with Crippen LogP contribution < -0.4 is 11.1 Å². The number of nitrogens with two attached hydrogens (primary N) is 1. The summed E-state index contributed by atoms with van der Waals surface area (Å²) in [5.41, 5.74) is 6.10. The standard InChI is InChI=1S/C26H31N5O9S2/c1-4-13(5-2)24(35)38-12-39-25(36)20-14(6-7-15-8-9-17(32)40-15)10-41-23-19(22(34)31(20)23)29-21(33)18(30-37-3)16-11-42-26(27)28-16/h6-7,11,13,15,19,23H,4-5,8-10,12H2,1-3H3,(H2,27,28)(H,29,33)/b7-6+,30-18-/t15?,19-,23-/m1/s1. The van der Waals surface area contributed by atoms with Crippen LogP contribution in [0.3, 0.4) is 0 Å². The minimum atomic E-state index is -0.989. The number of aromatic nitrogens is 1. The fraction of sp³-hybridized carbons (Fsp3) is 0.500. The number of hydrogen-bond donors (Lipinski definition) is 2. The van der Waals surface area contributed by atoms with Crippen LogP contribution in [-0.2, 0) is 43.0 Å². The molecule has 2 fully saturated rings. The molecule has 0 bridgehead atoms. The number of nitrogens with one attached hydrogen (secondary N) is 1. The van der Waals surface area contributed by atoms with E-state index in [1.165, 1.54) is 29.2 Å². The summed E-state index contributed by atoms with van der Waals surface area (Å²) in [5.74, 6) is -3.00. The Balaban J connectivity index is 1.51. The zero-order chi connectivity index (χ0) is 30.4. The summed E-state index contributed by atoms with van der Waals surface area (Å²) < 4.78 is 15.6. The Morgan fingerprint density at radius 3 is 2.67 bits per heavy atom. The molecule has 0 radical (unpaired) electrons. The number of esters is 3. The van der Waals surface area contributed by atoms with Crippen molar-refractivity contribution in [1.82, 2.24) is 15.2 Å². The number of thiazole rings is 1. The Hall–Kier alpha value is -3.92. The maximum Gasteiger partial charge on any atom is 0.358 e. The van der Waals surface area contributed by atoms with E-state index in [1.54, 1.807) is 12.2 Å².